The number of halogens is 1. The van der Waals surface area contributed by atoms with Crippen molar-refractivity contribution in [3.05, 3.63) is 60.4 Å². The fraction of sp³-hybridized carbons (Fsp3) is 0.312. The average molecular weight is 272 g/mol. The molecule has 1 aromatic heterocycles. The second-order valence-corrected chi connectivity index (χ2v) is 5.40. The first kappa shape index (κ1) is 14.4. The molecule has 0 amide bonds. The molecule has 0 spiro atoms. The van der Waals surface area contributed by atoms with Crippen molar-refractivity contribution in [3.8, 4) is 0 Å². The maximum Gasteiger partial charge on any atom is 0.148 e. The highest BCUT2D eigenvalue weighted by atomic mass is 19.1. The van der Waals surface area contributed by atoms with Crippen LogP contribution in [0.1, 0.15) is 25.1 Å². The van der Waals surface area contributed by atoms with Gasteiger partial charge in [-0.25, -0.2) is 4.39 Å². The Hall–Kier alpha value is -1.97. The molecule has 0 unspecified atom stereocenters. The molecular formula is C16H19FN3. The third kappa shape index (κ3) is 3.53. The molecule has 0 saturated carbocycles. The van der Waals surface area contributed by atoms with Crippen molar-refractivity contribution in [1.82, 2.24) is 10.2 Å². The SMILES string of the molecule is [CH2]Cc1ccc(NCC(C)(C)c2ccc(F)cc2)nn1. The Kier molecular flexibility index (Phi) is 4.32. The number of benzene rings is 1. The first-order chi connectivity index (χ1) is 9.51. The Bertz CT molecular complexity index is 547. The largest absolute Gasteiger partial charge is 0.368 e. The number of rotatable bonds is 5. The first-order valence-electron chi connectivity index (χ1n) is 6.63. The quantitative estimate of drug-likeness (QED) is 0.906. The predicted molar refractivity (Wildman–Crippen MR) is 79.0 cm³/mol. The molecule has 0 fully saturated rings. The van der Waals surface area contributed by atoms with Gasteiger partial charge >= 0.3 is 0 Å². The van der Waals surface area contributed by atoms with E-state index in [1.54, 1.807) is 0 Å². The number of nitrogens with one attached hydrogen (secondary N) is 1. The Labute approximate surface area is 119 Å². The summed E-state index contributed by atoms with van der Waals surface area (Å²) >= 11 is 0. The molecule has 0 aliphatic rings. The lowest BCUT2D eigenvalue weighted by Crippen LogP contribution is -2.28. The van der Waals surface area contributed by atoms with Crippen LogP contribution in [0.4, 0.5) is 10.2 Å². The molecule has 0 saturated heterocycles. The Morgan fingerprint density at radius 1 is 1.10 bits per heavy atom. The van der Waals surface area contributed by atoms with Crippen LogP contribution >= 0.6 is 0 Å². The van der Waals surface area contributed by atoms with Gasteiger partial charge < -0.3 is 5.32 Å². The van der Waals surface area contributed by atoms with E-state index in [2.05, 4.69) is 36.3 Å². The van der Waals surface area contributed by atoms with Crippen LogP contribution in [0.2, 0.25) is 0 Å². The van der Waals surface area contributed by atoms with Crippen LogP contribution in [0.3, 0.4) is 0 Å². The molecular weight excluding hydrogens is 253 g/mol. The fourth-order valence-corrected chi connectivity index (χ4v) is 1.90. The molecule has 1 heterocycles. The third-order valence-electron chi connectivity index (χ3n) is 3.31. The molecule has 20 heavy (non-hydrogen) atoms. The number of hydrogen-bond donors (Lipinski definition) is 1. The van der Waals surface area contributed by atoms with E-state index >= 15 is 0 Å². The smallest absolute Gasteiger partial charge is 0.148 e. The van der Waals surface area contributed by atoms with Crippen LogP contribution in [0, 0.1) is 12.7 Å². The van der Waals surface area contributed by atoms with Gasteiger partial charge in [0.2, 0.25) is 0 Å². The highest BCUT2D eigenvalue weighted by Crippen LogP contribution is 2.23. The maximum atomic E-state index is 13.0. The summed E-state index contributed by atoms with van der Waals surface area (Å²) in [6, 6.07) is 10.4. The molecule has 0 atom stereocenters. The molecule has 4 heteroatoms. The van der Waals surface area contributed by atoms with Gasteiger partial charge in [-0.2, -0.15) is 5.10 Å². The van der Waals surface area contributed by atoms with Gasteiger partial charge in [0, 0.05) is 12.0 Å². The molecule has 1 radical (unpaired) electrons. The van der Waals surface area contributed by atoms with Crippen molar-refractivity contribution in [2.45, 2.75) is 25.7 Å². The van der Waals surface area contributed by atoms with Gasteiger partial charge in [0.05, 0.1) is 5.69 Å². The van der Waals surface area contributed by atoms with Crippen LogP contribution in [0.25, 0.3) is 0 Å². The molecule has 3 nitrogen and oxygen atoms in total. The minimum absolute atomic E-state index is 0.125. The van der Waals surface area contributed by atoms with Gasteiger partial charge in [0.15, 0.2) is 0 Å². The Morgan fingerprint density at radius 2 is 1.80 bits per heavy atom. The van der Waals surface area contributed by atoms with Gasteiger partial charge in [-0.15, -0.1) is 5.10 Å². The van der Waals surface area contributed by atoms with Crippen molar-refractivity contribution in [3.63, 3.8) is 0 Å². The summed E-state index contributed by atoms with van der Waals surface area (Å²) in [6.07, 6.45) is 0.633. The van der Waals surface area contributed by atoms with Crippen molar-refractivity contribution in [2.24, 2.45) is 0 Å². The van der Waals surface area contributed by atoms with E-state index in [0.717, 1.165) is 17.1 Å². The van der Waals surface area contributed by atoms with Gasteiger partial charge in [0.25, 0.3) is 0 Å². The Morgan fingerprint density at radius 3 is 2.35 bits per heavy atom. The van der Waals surface area contributed by atoms with Crippen molar-refractivity contribution in [1.29, 1.82) is 0 Å². The standard InChI is InChI=1S/C16H19FN3/c1-4-14-9-10-15(20-19-14)18-11-16(2,3)12-5-7-13(17)8-6-12/h5-10H,1,4,11H2,2-3H3,(H,18,20). The fourth-order valence-electron chi connectivity index (χ4n) is 1.90. The van der Waals surface area contributed by atoms with Crippen molar-refractivity contribution < 1.29 is 4.39 Å². The zero-order chi connectivity index (χ0) is 14.6. The zero-order valence-corrected chi connectivity index (χ0v) is 11.9. The Balaban J connectivity index is 2.02. The number of hydrogen-bond acceptors (Lipinski definition) is 3. The van der Waals surface area contributed by atoms with E-state index in [9.17, 15) is 4.39 Å². The van der Waals surface area contributed by atoms with Gasteiger partial charge in [-0.1, -0.05) is 26.0 Å². The number of nitrogens with zero attached hydrogens (tertiary/aromatic N) is 2. The minimum Gasteiger partial charge on any atom is -0.368 e. The van der Waals surface area contributed by atoms with E-state index in [1.807, 2.05) is 24.3 Å². The highest BCUT2D eigenvalue weighted by Gasteiger charge is 2.20. The molecule has 0 aliphatic heterocycles. The van der Waals surface area contributed by atoms with E-state index in [1.165, 1.54) is 12.1 Å². The van der Waals surface area contributed by atoms with E-state index in [0.29, 0.717) is 13.0 Å². The summed E-state index contributed by atoms with van der Waals surface area (Å²) in [4.78, 5) is 0. The molecule has 1 aromatic carbocycles. The van der Waals surface area contributed by atoms with Gasteiger partial charge in [-0.05, 0) is 43.2 Å². The topological polar surface area (TPSA) is 37.8 Å². The average Bonchev–Trinajstić information content (AvgIpc) is 2.46. The third-order valence-corrected chi connectivity index (χ3v) is 3.31. The molecule has 2 aromatic rings. The molecule has 0 aliphatic carbocycles. The van der Waals surface area contributed by atoms with Gasteiger partial charge in [-0.3, -0.25) is 0 Å². The van der Waals surface area contributed by atoms with Crippen molar-refractivity contribution in [2.75, 3.05) is 11.9 Å². The minimum atomic E-state index is -0.216. The summed E-state index contributed by atoms with van der Waals surface area (Å²) < 4.78 is 13.0. The van der Waals surface area contributed by atoms with Crippen LogP contribution in [-0.4, -0.2) is 16.7 Å². The lowest BCUT2D eigenvalue weighted by atomic mass is 9.84. The van der Waals surface area contributed by atoms with E-state index in [-0.39, 0.29) is 11.2 Å². The van der Waals surface area contributed by atoms with Crippen LogP contribution in [0.5, 0.6) is 0 Å². The summed E-state index contributed by atoms with van der Waals surface area (Å²) in [5, 5.41) is 11.4. The summed E-state index contributed by atoms with van der Waals surface area (Å²) in [5.74, 6) is 0.518. The van der Waals surface area contributed by atoms with Crippen LogP contribution < -0.4 is 5.32 Å². The van der Waals surface area contributed by atoms with E-state index in [4.69, 9.17) is 0 Å². The van der Waals surface area contributed by atoms with Crippen LogP contribution in [-0.2, 0) is 11.8 Å². The van der Waals surface area contributed by atoms with Crippen LogP contribution in [0.15, 0.2) is 36.4 Å². The second kappa shape index (κ2) is 5.99. The summed E-state index contributed by atoms with van der Waals surface area (Å²) in [7, 11) is 0. The lowest BCUT2D eigenvalue weighted by molar-refractivity contribution is 0.552. The maximum absolute atomic E-state index is 13.0. The molecule has 105 valence electrons. The van der Waals surface area contributed by atoms with Crippen molar-refractivity contribution >= 4 is 5.82 Å². The second-order valence-electron chi connectivity index (χ2n) is 5.40. The number of anilines is 1. The summed E-state index contributed by atoms with van der Waals surface area (Å²) in [5.41, 5.74) is 1.82. The predicted octanol–water partition coefficient (Wildman–Crippen LogP) is 3.38. The van der Waals surface area contributed by atoms with E-state index < -0.39 is 0 Å². The first-order valence-corrected chi connectivity index (χ1v) is 6.63. The number of aromatic nitrogens is 2. The van der Waals surface area contributed by atoms with Gasteiger partial charge in [0.1, 0.15) is 11.6 Å². The highest BCUT2D eigenvalue weighted by molar-refractivity contribution is 5.35. The molecule has 0 bridgehead atoms. The monoisotopic (exact) mass is 272 g/mol. The molecule has 2 rings (SSSR count). The molecule has 1 N–H and O–H groups in total. The summed E-state index contributed by atoms with van der Waals surface area (Å²) in [6.45, 7) is 8.66. The lowest BCUT2D eigenvalue weighted by Gasteiger charge is -2.25. The normalized spacial score (nSPS) is 11.4. The zero-order valence-electron chi connectivity index (χ0n) is 11.9.